The molecule has 1 unspecified atom stereocenters. The normalized spacial score (nSPS) is 21.7. The summed E-state index contributed by atoms with van der Waals surface area (Å²) in [5, 5.41) is 6.14. The number of carbonyl (C=O) groups is 4. The molecule has 4 amide bonds. The van der Waals surface area contributed by atoms with E-state index in [9.17, 15) is 19.2 Å². The second-order valence-electron chi connectivity index (χ2n) is 12.1. The predicted octanol–water partition coefficient (Wildman–Crippen LogP) is 4.45. The van der Waals surface area contributed by atoms with Crippen molar-refractivity contribution in [1.29, 1.82) is 0 Å². The zero-order chi connectivity index (χ0) is 31.0. The minimum Gasteiger partial charge on any atom is -0.444 e. The van der Waals surface area contributed by atoms with Crippen molar-refractivity contribution < 1.29 is 28.7 Å². The van der Waals surface area contributed by atoms with Gasteiger partial charge >= 0.3 is 6.09 Å². The van der Waals surface area contributed by atoms with E-state index in [2.05, 4.69) is 27.2 Å². The van der Waals surface area contributed by atoms with Crippen molar-refractivity contribution in [1.82, 2.24) is 15.1 Å². The maximum Gasteiger partial charge on any atom is 0.410 e. The topological polar surface area (TPSA) is 154 Å². The van der Waals surface area contributed by atoms with Crippen molar-refractivity contribution in [2.45, 2.75) is 102 Å². The van der Waals surface area contributed by atoms with E-state index in [1.807, 2.05) is 26.8 Å². The van der Waals surface area contributed by atoms with E-state index in [0.29, 0.717) is 44.7 Å². The smallest absolute Gasteiger partial charge is 0.410 e. The Balaban J connectivity index is 1.21. The molecule has 1 atom stereocenters. The maximum absolute atomic E-state index is 12.9. The van der Waals surface area contributed by atoms with Crippen LogP contribution in [0.1, 0.15) is 93.6 Å². The monoisotopic (exact) mass is 592 g/mol. The molecule has 2 fully saturated rings. The molecule has 230 valence electrons. The Labute approximate surface area is 252 Å². The Hall–Kier alpha value is -4.07. The predicted molar refractivity (Wildman–Crippen MR) is 158 cm³/mol. The number of carbonyl (C=O) groups excluding carboxylic acids is 4. The SMILES string of the molecule is CC(C)(C)OC(=O)N(CCOCCCC#Cc1ccc2c(c1)CN(C1CCC(=O)NC1=O)C2=O)[C@H]1CC[C@@H](N=[N+]=[N-])CC1. The standard InChI is InChI=1S/C31H40N6O6/c1-31(2,3)43-30(41)36(24-11-9-23(10-12-24)34-35-32)16-18-42-17-6-4-5-7-21-8-13-25-22(19-21)20-37(29(25)40)26-14-15-27(38)33-28(26)39/h8,13,19,23-24,26H,4,6,9-12,14-18,20H2,1-3H3,(H,33,38,39)/t23-,24+,26?. The Kier molecular flexibility index (Phi) is 10.7. The van der Waals surface area contributed by atoms with Crippen LogP contribution in [0.2, 0.25) is 0 Å². The molecule has 12 heteroatoms. The molecule has 2 heterocycles. The number of rotatable bonds is 9. The van der Waals surface area contributed by atoms with Gasteiger partial charge in [-0.05, 0) is 88.6 Å². The lowest BCUT2D eigenvalue weighted by Crippen LogP contribution is -2.52. The summed E-state index contributed by atoms with van der Waals surface area (Å²) in [7, 11) is 0. The van der Waals surface area contributed by atoms with Crippen LogP contribution >= 0.6 is 0 Å². The van der Waals surface area contributed by atoms with Crippen LogP contribution < -0.4 is 5.32 Å². The lowest BCUT2D eigenvalue weighted by atomic mass is 9.91. The molecule has 1 N–H and O–H groups in total. The van der Waals surface area contributed by atoms with Gasteiger partial charge in [0, 0.05) is 60.7 Å². The van der Waals surface area contributed by atoms with Crippen LogP contribution in [-0.2, 0) is 25.6 Å². The zero-order valence-electron chi connectivity index (χ0n) is 25.1. The fourth-order valence-electron chi connectivity index (χ4n) is 5.65. The molecule has 0 aromatic heterocycles. The third-order valence-electron chi connectivity index (χ3n) is 7.77. The fourth-order valence-corrected chi connectivity index (χ4v) is 5.65. The molecular formula is C31H40N6O6. The molecule has 1 saturated carbocycles. The summed E-state index contributed by atoms with van der Waals surface area (Å²) in [6, 6.07) is 4.80. The highest BCUT2D eigenvalue weighted by Crippen LogP contribution is 2.29. The maximum atomic E-state index is 12.9. The van der Waals surface area contributed by atoms with Crippen molar-refractivity contribution in [2.24, 2.45) is 5.11 Å². The number of ether oxygens (including phenoxy) is 2. The van der Waals surface area contributed by atoms with E-state index in [0.717, 1.165) is 43.2 Å². The van der Waals surface area contributed by atoms with E-state index in [1.165, 1.54) is 4.90 Å². The number of nitrogens with zero attached hydrogens (tertiary/aromatic N) is 5. The minimum absolute atomic E-state index is 0.0215. The molecule has 0 spiro atoms. The summed E-state index contributed by atoms with van der Waals surface area (Å²) in [5.74, 6) is 5.36. The summed E-state index contributed by atoms with van der Waals surface area (Å²) < 4.78 is 11.5. The average molecular weight is 593 g/mol. The van der Waals surface area contributed by atoms with Crippen molar-refractivity contribution in [3.63, 3.8) is 0 Å². The highest BCUT2D eigenvalue weighted by atomic mass is 16.6. The quantitative estimate of drug-likeness (QED) is 0.112. The van der Waals surface area contributed by atoms with Crippen LogP contribution in [0.5, 0.6) is 0 Å². The largest absolute Gasteiger partial charge is 0.444 e. The van der Waals surface area contributed by atoms with Gasteiger partial charge in [0.05, 0.1) is 6.61 Å². The second kappa shape index (κ2) is 14.4. The van der Waals surface area contributed by atoms with Gasteiger partial charge < -0.3 is 19.3 Å². The molecule has 0 bridgehead atoms. The van der Waals surface area contributed by atoms with Crippen LogP contribution in [0, 0.1) is 11.8 Å². The Morgan fingerprint density at radius 2 is 1.93 bits per heavy atom. The molecule has 0 radical (unpaired) electrons. The number of hydrogen-bond acceptors (Lipinski definition) is 7. The highest BCUT2D eigenvalue weighted by molar-refractivity contribution is 6.05. The summed E-state index contributed by atoms with van der Waals surface area (Å²) in [6.07, 6.45) is 4.54. The Morgan fingerprint density at radius 1 is 1.16 bits per heavy atom. The molecule has 1 aliphatic carbocycles. The zero-order valence-corrected chi connectivity index (χ0v) is 25.1. The van der Waals surface area contributed by atoms with E-state index in [1.54, 1.807) is 17.0 Å². The van der Waals surface area contributed by atoms with Crippen LogP contribution in [0.25, 0.3) is 10.4 Å². The van der Waals surface area contributed by atoms with E-state index in [-0.39, 0.29) is 36.4 Å². The number of unbranched alkanes of at least 4 members (excludes halogenated alkanes) is 1. The Morgan fingerprint density at radius 3 is 2.63 bits per heavy atom. The van der Waals surface area contributed by atoms with Crippen molar-refractivity contribution in [3.8, 4) is 11.8 Å². The first-order chi connectivity index (χ1) is 20.6. The summed E-state index contributed by atoms with van der Waals surface area (Å²) in [6.45, 7) is 7.15. The summed E-state index contributed by atoms with van der Waals surface area (Å²) >= 11 is 0. The number of imide groups is 1. The molecule has 4 rings (SSSR count). The van der Waals surface area contributed by atoms with Gasteiger partial charge in [0.1, 0.15) is 11.6 Å². The molecule has 3 aliphatic rings. The first-order valence-electron chi connectivity index (χ1n) is 14.9. The van der Waals surface area contributed by atoms with Crippen molar-refractivity contribution >= 4 is 23.8 Å². The van der Waals surface area contributed by atoms with Gasteiger partial charge in [-0.15, -0.1) is 0 Å². The Bertz CT molecular complexity index is 1330. The van der Waals surface area contributed by atoms with Gasteiger partial charge in [-0.3, -0.25) is 19.7 Å². The first-order valence-corrected chi connectivity index (χ1v) is 14.9. The van der Waals surface area contributed by atoms with E-state index < -0.39 is 17.6 Å². The lowest BCUT2D eigenvalue weighted by molar-refractivity contribution is -0.136. The minimum atomic E-state index is -0.637. The van der Waals surface area contributed by atoms with Gasteiger partial charge in [-0.2, -0.15) is 0 Å². The number of benzene rings is 1. The third kappa shape index (κ3) is 8.72. The van der Waals surface area contributed by atoms with Gasteiger partial charge in [0.2, 0.25) is 11.8 Å². The van der Waals surface area contributed by atoms with Gasteiger partial charge in [0.15, 0.2) is 0 Å². The molecule has 1 aromatic carbocycles. The number of azide groups is 1. The number of amides is 4. The second-order valence-corrected chi connectivity index (χ2v) is 12.1. The van der Waals surface area contributed by atoms with Crippen molar-refractivity contribution in [3.05, 3.63) is 45.3 Å². The molecule has 1 saturated heterocycles. The molecular weight excluding hydrogens is 552 g/mol. The third-order valence-corrected chi connectivity index (χ3v) is 7.77. The van der Waals surface area contributed by atoms with E-state index in [4.69, 9.17) is 15.0 Å². The van der Waals surface area contributed by atoms with Crippen LogP contribution in [0.3, 0.4) is 0 Å². The van der Waals surface area contributed by atoms with Gasteiger partial charge in [-0.1, -0.05) is 17.0 Å². The van der Waals surface area contributed by atoms with E-state index >= 15 is 0 Å². The number of fused-ring (bicyclic) bond motifs is 1. The van der Waals surface area contributed by atoms with Crippen molar-refractivity contribution in [2.75, 3.05) is 19.8 Å². The summed E-state index contributed by atoms with van der Waals surface area (Å²) in [4.78, 5) is 55.7. The van der Waals surface area contributed by atoms with Crippen LogP contribution in [0.4, 0.5) is 4.79 Å². The molecule has 43 heavy (non-hydrogen) atoms. The van der Waals surface area contributed by atoms with Gasteiger partial charge in [-0.25, -0.2) is 4.79 Å². The molecule has 12 nitrogen and oxygen atoms in total. The highest BCUT2D eigenvalue weighted by Gasteiger charge is 2.39. The summed E-state index contributed by atoms with van der Waals surface area (Å²) in [5.41, 5.74) is 10.3. The lowest BCUT2D eigenvalue weighted by Gasteiger charge is -2.36. The first kappa shape index (κ1) is 31.9. The molecule has 1 aromatic rings. The number of nitrogens with one attached hydrogen (secondary N) is 1. The number of hydrogen-bond donors (Lipinski definition) is 1. The number of piperidine rings is 1. The average Bonchev–Trinajstić information content (AvgIpc) is 3.27. The van der Waals surface area contributed by atoms with Crippen LogP contribution in [-0.4, -0.2) is 77.1 Å². The van der Waals surface area contributed by atoms with Gasteiger partial charge in [0.25, 0.3) is 5.91 Å². The fraction of sp³-hybridized carbons (Fsp3) is 0.613. The van der Waals surface area contributed by atoms with Crippen LogP contribution in [0.15, 0.2) is 23.3 Å². The molecule has 2 aliphatic heterocycles.